The van der Waals surface area contributed by atoms with Crippen molar-refractivity contribution in [2.45, 2.75) is 0 Å². The number of rotatable bonds is 1. The highest BCUT2D eigenvalue weighted by Crippen LogP contribution is 2.25. The van der Waals surface area contributed by atoms with Gasteiger partial charge in [0, 0.05) is 0 Å². The van der Waals surface area contributed by atoms with Crippen LogP contribution in [0.5, 0.6) is 0 Å². The SMILES string of the molecule is CN.O=P(O)(O)O.c1ccc(-c2ccccc2)cc1. The van der Waals surface area contributed by atoms with Crippen molar-refractivity contribution in [3.63, 3.8) is 0 Å². The zero-order chi connectivity index (χ0) is 14.7. The molecule has 2 aromatic carbocycles. The zero-order valence-corrected chi connectivity index (χ0v) is 11.4. The van der Waals surface area contributed by atoms with Gasteiger partial charge < -0.3 is 20.4 Å². The van der Waals surface area contributed by atoms with Crippen molar-refractivity contribution in [3.8, 4) is 11.1 Å². The number of hydrogen-bond acceptors (Lipinski definition) is 2. The Balaban J connectivity index is 0.000000396. The summed E-state index contributed by atoms with van der Waals surface area (Å²) in [6.45, 7) is 0. The molecular weight excluding hydrogens is 265 g/mol. The van der Waals surface area contributed by atoms with E-state index in [9.17, 15) is 0 Å². The summed E-state index contributed by atoms with van der Waals surface area (Å²) in [6, 6.07) is 20.8. The van der Waals surface area contributed by atoms with Gasteiger partial charge in [-0.15, -0.1) is 0 Å². The van der Waals surface area contributed by atoms with E-state index in [1.807, 2.05) is 12.1 Å². The highest BCUT2D eigenvalue weighted by Gasteiger charge is 2.00. The van der Waals surface area contributed by atoms with E-state index in [1.54, 1.807) is 0 Å². The Morgan fingerprint density at radius 1 is 0.737 bits per heavy atom. The molecular formula is C13H18NO4P. The first-order chi connectivity index (χ1) is 8.97. The topological polar surface area (TPSA) is 104 Å². The fourth-order valence-corrected chi connectivity index (χ4v) is 1.26. The summed E-state index contributed by atoms with van der Waals surface area (Å²) in [5.41, 5.74) is 7.05. The lowest BCUT2D eigenvalue weighted by Crippen LogP contribution is -1.73. The molecule has 0 amide bonds. The van der Waals surface area contributed by atoms with Crippen molar-refractivity contribution in [2.75, 3.05) is 7.05 Å². The van der Waals surface area contributed by atoms with E-state index in [2.05, 4.69) is 54.3 Å². The van der Waals surface area contributed by atoms with E-state index in [4.69, 9.17) is 19.2 Å². The molecule has 0 saturated heterocycles. The molecule has 2 aromatic rings. The third-order valence-electron chi connectivity index (χ3n) is 1.88. The van der Waals surface area contributed by atoms with Crippen LogP contribution in [0, 0.1) is 0 Å². The van der Waals surface area contributed by atoms with Crippen LogP contribution in [-0.2, 0) is 4.57 Å². The third-order valence-corrected chi connectivity index (χ3v) is 1.88. The van der Waals surface area contributed by atoms with Crippen LogP contribution in [0.2, 0.25) is 0 Å². The predicted molar refractivity (Wildman–Crippen MR) is 76.3 cm³/mol. The minimum absolute atomic E-state index is 1.28. The Labute approximate surface area is 112 Å². The minimum Gasteiger partial charge on any atom is -0.333 e. The van der Waals surface area contributed by atoms with E-state index in [0.29, 0.717) is 0 Å². The molecule has 0 aromatic heterocycles. The molecule has 0 radical (unpaired) electrons. The van der Waals surface area contributed by atoms with Crippen LogP contribution >= 0.6 is 7.82 Å². The minimum atomic E-state index is -4.64. The number of hydrogen-bond donors (Lipinski definition) is 4. The average molecular weight is 283 g/mol. The molecule has 2 rings (SSSR count). The second-order valence-corrected chi connectivity index (χ2v) is 4.27. The van der Waals surface area contributed by atoms with Gasteiger partial charge >= 0.3 is 7.82 Å². The molecule has 19 heavy (non-hydrogen) atoms. The first-order valence-electron chi connectivity index (χ1n) is 5.43. The quantitative estimate of drug-likeness (QED) is 0.599. The van der Waals surface area contributed by atoms with Crippen molar-refractivity contribution in [1.82, 2.24) is 0 Å². The van der Waals surface area contributed by atoms with E-state index < -0.39 is 7.82 Å². The fourth-order valence-electron chi connectivity index (χ4n) is 1.26. The van der Waals surface area contributed by atoms with Crippen LogP contribution in [0.4, 0.5) is 0 Å². The lowest BCUT2D eigenvalue weighted by atomic mass is 10.1. The lowest BCUT2D eigenvalue weighted by Gasteiger charge is -1.98. The first-order valence-corrected chi connectivity index (χ1v) is 7.00. The van der Waals surface area contributed by atoms with Crippen LogP contribution in [0.1, 0.15) is 0 Å². The third kappa shape index (κ3) is 10.1. The predicted octanol–water partition coefficient (Wildman–Crippen LogP) is 2.00. The van der Waals surface area contributed by atoms with E-state index in [0.717, 1.165) is 0 Å². The molecule has 104 valence electrons. The Morgan fingerprint density at radius 3 is 1.16 bits per heavy atom. The Bertz CT molecular complexity index is 439. The Morgan fingerprint density at radius 2 is 0.947 bits per heavy atom. The summed E-state index contributed by atoms with van der Waals surface area (Å²) in [5.74, 6) is 0. The Hall–Kier alpha value is -1.49. The van der Waals surface area contributed by atoms with Crippen LogP contribution in [0.15, 0.2) is 60.7 Å². The van der Waals surface area contributed by atoms with Gasteiger partial charge in [-0.1, -0.05) is 60.7 Å². The van der Waals surface area contributed by atoms with Gasteiger partial charge in [-0.25, -0.2) is 4.57 Å². The summed E-state index contributed by atoms with van der Waals surface area (Å²) in [4.78, 5) is 21.6. The molecule has 0 aliphatic heterocycles. The molecule has 0 fully saturated rings. The molecule has 0 unspecified atom stereocenters. The number of nitrogens with two attached hydrogens (primary N) is 1. The molecule has 0 aliphatic carbocycles. The van der Waals surface area contributed by atoms with Crippen molar-refractivity contribution in [1.29, 1.82) is 0 Å². The highest BCUT2D eigenvalue weighted by atomic mass is 31.2. The maximum Gasteiger partial charge on any atom is 0.466 e. The molecule has 6 heteroatoms. The van der Waals surface area contributed by atoms with E-state index >= 15 is 0 Å². The molecule has 0 heterocycles. The monoisotopic (exact) mass is 283 g/mol. The number of benzene rings is 2. The lowest BCUT2D eigenvalue weighted by molar-refractivity contribution is 0.275. The summed E-state index contributed by atoms with van der Waals surface area (Å²) < 4.78 is 8.88. The standard InChI is InChI=1S/C12H10.CH5N.H3O4P/c1-3-7-11(8-4-1)12-9-5-2-6-10-12;1-2;1-5(2,3)4/h1-10H;2H2,1H3;(H3,1,2,3,4). The largest absolute Gasteiger partial charge is 0.466 e. The summed E-state index contributed by atoms with van der Waals surface area (Å²) >= 11 is 0. The molecule has 0 aliphatic rings. The fraction of sp³-hybridized carbons (Fsp3) is 0.0769. The van der Waals surface area contributed by atoms with Crippen LogP contribution in [-0.4, -0.2) is 21.7 Å². The smallest absolute Gasteiger partial charge is 0.333 e. The average Bonchev–Trinajstić information content (AvgIpc) is 2.41. The molecule has 0 atom stereocenters. The van der Waals surface area contributed by atoms with Gasteiger partial charge in [0.1, 0.15) is 0 Å². The van der Waals surface area contributed by atoms with E-state index in [1.165, 1.54) is 18.2 Å². The zero-order valence-electron chi connectivity index (χ0n) is 10.5. The highest BCUT2D eigenvalue weighted by molar-refractivity contribution is 7.45. The van der Waals surface area contributed by atoms with Gasteiger partial charge in [-0.05, 0) is 18.2 Å². The normalized spacial score (nSPS) is 9.53. The summed E-state index contributed by atoms with van der Waals surface area (Å²) in [5, 5.41) is 0. The maximum atomic E-state index is 8.88. The second kappa shape index (κ2) is 9.44. The molecule has 5 nitrogen and oxygen atoms in total. The van der Waals surface area contributed by atoms with Crippen molar-refractivity contribution < 1.29 is 19.2 Å². The Kier molecular flexibility index (Phi) is 8.70. The van der Waals surface area contributed by atoms with Gasteiger partial charge in [0.05, 0.1) is 0 Å². The van der Waals surface area contributed by atoms with Gasteiger partial charge in [0.25, 0.3) is 0 Å². The van der Waals surface area contributed by atoms with Crippen molar-refractivity contribution in [2.24, 2.45) is 5.73 Å². The van der Waals surface area contributed by atoms with Crippen LogP contribution in [0.25, 0.3) is 11.1 Å². The van der Waals surface area contributed by atoms with Crippen molar-refractivity contribution >= 4 is 7.82 Å². The van der Waals surface area contributed by atoms with Crippen LogP contribution in [0.3, 0.4) is 0 Å². The maximum absolute atomic E-state index is 8.88. The summed E-state index contributed by atoms with van der Waals surface area (Å²) in [7, 11) is -3.14. The first kappa shape index (κ1) is 17.5. The second-order valence-electron chi connectivity index (χ2n) is 3.25. The molecule has 0 saturated carbocycles. The number of phosphoric acid groups is 1. The molecule has 0 spiro atoms. The van der Waals surface area contributed by atoms with Gasteiger partial charge in [-0.3, -0.25) is 0 Å². The van der Waals surface area contributed by atoms with Gasteiger partial charge in [-0.2, -0.15) is 0 Å². The van der Waals surface area contributed by atoms with E-state index in [-0.39, 0.29) is 0 Å². The molecule has 5 N–H and O–H groups in total. The molecule has 0 bridgehead atoms. The van der Waals surface area contributed by atoms with Gasteiger partial charge in [0.15, 0.2) is 0 Å². The van der Waals surface area contributed by atoms with Crippen LogP contribution < -0.4 is 5.73 Å². The van der Waals surface area contributed by atoms with Crippen molar-refractivity contribution in [3.05, 3.63) is 60.7 Å². The summed E-state index contributed by atoms with van der Waals surface area (Å²) in [6.07, 6.45) is 0. The van der Waals surface area contributed by atoms with Gasteiger partial charge in [0.2, 0.25) is 0 Å².